The molecule has 2 aromatic rings. The Bertz CT molecular complexity index is 971. The predicted molar refractivity (Wildman–Crippen MR) is 111 cm³/mol. The number of nitrogens with zero attached hydrogens (tertiary/aromatic N) is 4. The summed E-state index contributed by atoms with van der Waals surface area (Å²) in [5.41, 5.74) is 0. The van der Waals surface area contributed by atoms with Gasteiger partial charge >= 0.3 is 0 Å². The van der Waals surface area contributed by atoms with E-state index < -0.39 is 16.1 Å². The highest BCUT2D eigenvalue weighted by molar-refractivity contribution is 7.89. The number of aromatic amines is 1. The maximum Gasteiger partial charge on any atom is 0.243 e. The highest BCUT2D eigenvalue weighted by atomic mass is 32.2. The zero-order chi connectivity index (χ0) is 21.9. The molecule has 0 bridgehead atoms. The number of aryl methyl sites for hydroxylation is 1. The van der Waals surface area contributed by atoms with Crippen molar-refractivity contribution < 1.29 is 17.9 Å². The fraction of sp³-hybridized carbons (Fsp3) is 0.550. The Labute approximate surface area is 177 Å². The summed E-state index contributed by atoms with van der Waals surface area (Å²) in [6.45, 7) is 8.69. The number of carbonyl (C=O) groups excluding carboxylic acids is 1. The SMILES string of the molecule is CCOc1ccc(S(=O)(=O)N2CCCN(C(=O)C(C)C)C(c3n[nH]c(C)n3)C2)cc1. The third-order valence-corrected chi connectivity index (χ3v) is 6.90. The van der Waals surface area contributed by atoms with Crippen LogP contribution in [0.15, 0.2) is 29.2 Å². The molecule has 1 aliphatic heterocycles. The van der Waals surface area contributed by atoms with Crippen molar-refractivity contribution >= 4 is 15.9 Å². The van der Waals surface area contributed by atoms with Crippen LogP contribution in [0, 0.1) is 12.8 Å². The number of hydrogen-bond donors (Lipinski definition) is 1. The van der Waals surface area contributed by atoms with Crippen molar-refractivity contribution in [2.24, 2.45) is 5.92 Å². The largest absolute Gasteiger partial charge is 0.494 e. The highest BCUT2D eigenvalue weighted by Gasteiger charge is 2.37. The molecule has 2 heterocycles. The second-order valence-electron chi connectivity index (χ2n) is 7.60. The maximum absolute atomic E-state index is 13.3. The van der Waals surface area contributed by atoms with Gasteiger partial charge < -0.3 is 9.64 Å². The summed E-state index contributed by atoms with van der Waals surface area (Å²) < 4.78 is 33.5. The summed E-state index contributed by atoms with van der Waals surface area (Å²) in [7, 11) is -3.75. The zero-order valence-electron chi connectivity index (χ0n) is 17.8. The van der Waals surface area contributed by atoms with Crippen LogP contribution in [0.4, 0.5) is 0 Å². The van der Waals surface area contributed by atoms with Crippen molar-refractivity contribution in [3.63, 3.8) is 0 Å². The molecule has 30 heavy (non-hydrogen) atoms. The Kier molecular flexibility index (Phi) is 6.77. The second kappa shape index (κ2) is 9.13. The molecule has 1 aliphatic rings. The van der Waals surface area contributed by atoms with Gasteiger partial charge in [-0.2, -0.15) is 9.40 Å². The molecule has 10 heteroatoms. The molecule has 0 spiro atoms. The first-order valence-electron chi connectivity index (χ1n) is 10.2. The van der Waals surface area contributed by atoms with Crippen LogP contribution in [-0.4, -0.2) is 65.0 Å². The molecule has 1 aromatic heterocycles. The second-order valence-corrected chi connectivity index (χ2v) is 9.54. The molecular formula is C20H29N5O4S. The quantitative estimate of drug-likeness (QED) is 0.745. The lowest BCUT2D eigenvalue weighted by molar-refractivity contribution is -0.137. The Morgan fingerprint density at radius 1 is 1.27 bits per heavy atom. The summed E-state index contributed by atoms with van der Waals surface area (Å²) in [4.78, 5) is 19.1. The number of aromatic nitrogens is 3. The van der Waals surface area contributed by atoms with Crippen molar-refractivity contribution in [1.82, 2.24) is 24.4 Å². The minimum Gasteiger partial charge on any atom is -0.494 e. The Hall–Kier alpha value is -2.46. The fourth-order valence-electron chi connectivity index (χ4n) is 3.52. The number of nitrogens with one attached hydrogen (secondary N) is 1. The molecule has 1 atom stereocenters. The van der Waals surface area contributed by atoms with E-state index in [9.17, 15) is 13.2 Å². The monoisotopic (exact) mass is 435 g/mol. The molecule has 164 valence electrons. The van der Waals surface area contributed by atoms with Crippen LogP contribution < -0.4 is 4.74 Å². The highest BCUT2D eigenvalue weighted by Crippen LogP contribution is 2.28. The summed E-state index contributed by atoms with van der Waals surface area (Å²) >= 11 is 0. The van der Waals surface area contributed by atoms with Gasteiger partial charge in [-0.25, -0.2) is 13.4 Å². The average molecular weight is 436 g/mol. The van der Waals surface area contributed by atoms with E-state index in [2.05, 4.69) is 15.2 Å². The first-order chi connectivity index (χ1) is 14.2. The third-order valence-electron chi connectivity index (χ3n) is 5.02. The first-order valence-corrected chi connectivity index (χ1v) is 11.6. The Morgan fingerprint density at radius 3 is 2.53 bits per heavy atom. The van der Waals surface area contributed by atoms with Gasteiger partial charge in [0, 0.05) is 25.6 Å². The molecular weight excluding hydrogens is 406 g/mol. The number of H-pyrrole nitrogens is 1. The fourth-order valence-corrected chi connectivity index (χ4v) is 5.01. The lowest BCUT2D eigenvalue weighted by Gasteiger charge is -2.31. The number of benzene rings is 1. The van der Waals surface area contributed by atoms with Crippen molar-refractivity contribution in [2.75, 3.05) is 26.2 Å². The summed E-state index contributed by atoms with van der Waals surface area (Å²) in [6.07, 6.45) is 0.536. The summed E-state index contributed by atoms with van der Waals surface area (Å²) in [6, 6.07) is 5.85. The van der Waals surface area contributed by atoms with Crippen molar-refractivity contribution in [2.45, 2.75) is 45.1 Å². The molecule has 0 aliphatic carbocycles. The molecule has 0 radical (unpaired) electrons. The first kappa shape index (κ1) is 22.2. The molecule has 1 amide bonds. The van der Waals surface area contributed by atoms with Crippen LogP contribution >= 0.6 is 0 Å². The standard InChI is InChI=1S/C20H29N5O4S/c1-5-29-16-7-9-17(10-8-16)30(27,28)24-11-6-12-25(20(26)14(2)3)18(13-24)19-21-15(4)22-23-19/h7-10,14,18H,5-6,11-13H2,1-4H3,(H,21,22,23). The summed E-state index contributed by atoms with van der Waals surface area (Å²) in [5, 5.41) is 7.02. The van der Waals surface area contributed by atoms with Crippen molar-refractivity contribution in [3.8, 4) is 5.75 Å². The van der Waals surface area contributed by atoms with E-state index in [1.54, 1.807) is 36.1 Å². The van der Waals surface area contributed by atoms with Gasteiger partial charge in [0.25, 0.3) is 0 Å². The molecule has 1 saturated heterocycles. The van der Waals surface area contributed by atoms with Gasteiger partial charge in [0.15, 0.2) is 5.82 Å². The molecule has 1 aromatic carbocycles. The van der Waals surface area contributed by atoms with E-state index in [4.69, 9.17) is 4.74 Å². The van der Waals surface area contributed by atoms with Gasteiger partial charge in [-0.05, 0) is 44.5 Å². The molecule has 1 unspecified atom stereocenters. The van der Waals surface area contributed by atoms with Crippen LogP contribution in [0.3, 0.4) is 0 Å². The van der Waals surface area contributed by atoms with E-state index in [0.29, 0.717) is 43.5 Å². The van der Waals surface area contributed by atoms with Crippen LogP contribution in [0.5, 0.6) is 5.75 Å². The maximum atomic E-state index is 13.3. The Balaban J connectivity index is 1.93. The van der Waals surface area contributed by atoms with Crippen LogP contribution in [0.25, 0.3) is 0 Å². The number of carbonyl (C=O) groups is 1. The zero-order valence-corrected chi connectivity index (χ0v) is 18.6. The molecule has 0 saturated carbocycles. The Morgan fingerprint density at radius 2 is 1.97 bits per heavy atom. The van der Waals surface area contributed by atoms with Gasteiger partial charge in [0.05, 0.1) is 11.5 Å². The van der Waals surface area contributed by atoms with E-state index in [-0.39, 0.29) is 23.3 Å². The van der Waals surface area contributed by atoms with E-state index >= 15 is 0 Å². The van der Waals surface area contributed by atoms with E-state index in [1.165, 1.54) is 4.31 Å². The summed E-state index contributed by atoms with van der Waals surface area (Å²) in [5.74, 6) is 1.42. The van der Waals surface area contributed by atoms with Gasteiger partial charge in [-0.1, -0.05) is 13.8 Å². The van der Waals surface area contributed by atoms with Crippen LogP contribution in [-0.2, 0) is 14.8 Å². The minimum absolute atomic E-state index is 0.0391. The smallest absolute Gasteiger partial charge is 0.243 e. The molecule has 1 fully saturated rings. The number of ether oxygens (including phenoxy) is 1. The number of rotatable bonds is 6. The van der Waals surface area contributed by atoms with Crippen molar-refractivity contribution in [1.29, 1.82) is 0 Å². The number of amides is 1. The van der Waals surface area contributed by atoms with Gasteiger partial charge in [0.1, 0.15) is 17.6 Å². The number of sulfonamides is 1. The molecule has 1 N–H and O–H groups in total. The predicted octanol–water partition coefficient (Wildman–Crippen LogP) is 2.13. The number of hydrogen-bond acceptors (Lipinski definition) is 6. The lowest BCUT2D eigenvalue weighted by Crippen LogP contribution is -2.42. The third kappa shape index (κ3) is 4.65. The van der Waals surface area contributed by atoms with Gasteiger partial charge in [-0.3, -0.25) is 9.89 Å². The van der Waals surface area contributed by atoms with Crippen molar-refractivity contribution in [3.05, 3.63) is 35.9 Å². The average Bonchev–Trinajstić information content (AvgIpc) is 3.01. The normalized spacial score (nSPS) is 18.4. The minimum atomic E-state index is -3.75. The topological polar surface area (TPSA) is 108 Å². The molecule has 3 rings (SSSR count). The van der Waals surface area contributed by atoms with Crippen LogP contribution in [0.1, 0.15) is 44.9 Å². The van der Waals surface area contributed by atoms with E-state index in [1.807, 2.05) is 20.8 Å². The van der Waals surface area contributed by atoms with Gasteiger partial charge in [-0.15, -0.1) is 0 Å². The van der Waals surface area contributed by atoms with Crippen LogP contribution in [0.2, 0.25) is 0 Å². The van der Waals surface area contributed by atoms with Gasteiger partial charge in [0.2, 0.25) is 15.9 Å². The van der Waals surface area contributed by atoms with E-state index in [0.717, 1.165) is 0 Å². The molecule has 9 nitrogen and oxygen atoms in total. The lowest BCUT2D eigenvalue weighted by atomic mass is 10.1.